The summed E-state index contributed by atoms with van der Waals surface area (Å²) in [5.41, 5.74) is 0. The molecule has 0 aromatic carbocycles. The molecular formula is C11H20N2O2. The number of nitriles is 1. The number of nitrogens with zero attached hydrogens (tertiary/aromatic N) is 2. The molecule has 1 saturated carbocycles. The molecule has 1 rings (SSSR count). The molecule has 0 N–H and O–H groups in total. The molecular weight excluding hydrogens is 192 g/mol. The molecule has 0 saturated heterocycles. The van der Waals surface area contributed by atoms with Crippen LogP contribution in [0.2, 0.25) is 0 Å². The minimum Gasteiger partial charge on any atom is -0.382 e. The first kappa shape index (κ1) is 12.4. The van der Waals surface area contributed by atoms with Crippen LogP contribution in [0.5, 0.6) is 0 Å². The molecule has 0 spiro atoms. The lowest BCUT2D eigenvalue weighted by atomic mass is 10.4. The molecule has 1 aliphatic carbocycles. The Morgan fingerprint density at radius 1 is 1.27 bits per heavy atom. The third kappa shape index (κ3) is 5.73. The van der Waals surface area contributed by atoms with Crippen LogP contribution in [-0.2, 0) is 9.47 Å². The summed E-state index contributed by atoms with van der Waals surface area (Å²) in [4.78, 5) is 2.36. The van der Waals surface area contributed by atoms with Gasteiger partial charge in [-0.05, 0) is 12.8 Å². The van der Waals surface area contributed by atoms with E-state index in [-0.39, 0.29) is 0 Å². The summed E-state index contributed by atoms with van der Waals surface area (Å²) in [7, 11) is 1.67. The van der Waals surface area contributed by atoms with Gasteiger partial charge in [0.15, 0.2) is 0 Å². The summed E-state index contributed by atoms with van der Waals surface area (Å²) >= 11 is 0. The van der Waals surface area contributed by atoms with E-state index in [0.29, 0.717) is 25.7 Å². The van der Waals surface area contributed by atoms with E-state index in [0.717, 1.165) is 19.7 Å². The Hall–Kier alpha value is -0.630. The molecule has 0 aromatic heterocycles. The van der Waals surface area contributed by atoms with Crippen molar-refractivity contribution >= 4 is 0 Å². The van der Waals surface area contributed by atoms with E-state index >= 15 is 0 Å². The topological polar surface area (TPSA) is 45.5 Å². The fourth-order valence-corrected chi connectivity index (χ4v) is 1.54. The van der Waals surface area contributed by atoms with Gasteiger partial charge in [-0.1, -0.05) is 0 Å². The molecule has 1 aliphatic rings. The molecule has 0 amide bonds. The summed E-state index contributed by atoms with van der Waals surface area (Å²) in [6.45, 7) is 3.88. The molecule has 86 valence electrons. The second-order valence-corrected chi connectivity index (χ2v) is 3.78. The lowest BCUT2D eigenvalue weighted by Crippen LogP contribution is -2.31. The molecule has 4 heteroatoms. The highest BCUT2D eigenvalue weighted by Crippen LogP contribution is 2.26. The summed E-state index contributed by atoms with van der Waals surface area (Å²) in [5, 5.41) is 8.53. The molecule has 0 unspecified atom stereocenters. The fraction of sp³-hybridized carbons (Fsp3) is 0.909. The number of hydrogen-bond donors (Lipinski definition) is 0. The molecule has 0 radical (unpaired) electrons. The molecule has 0 aliphatic heterocycles. The van der Waals surface area contributed by atoms with Gasteiger partial charge in [-0.15, -0.1) is 0 Å². The third-order valence-corrected chi connectivity index (χ3v) is 2.53. The van der Waals surface area contributed by atoms with Crippen molar-refractivity contribution in [3.05, 3.63) is 0 Å². The van der Waals surface area contributed by atoms with Gasteiger partial charge in [-0.2, -0.15) is 5.26 Å². The smallest absolute Gasteiger partial charge is 0.0700 e. The van der Waals surface area contributed by atoms with E-state index < -0.39 is 0 Å². The highest BCUT2D eigenvalue weighted by Gasteiger charge is 2.27. The number of hydrogen-bond acceptors (Lipinski definition) is 4. The van der Waals surface area contributed by atoms with Crippen molar-refractivity contribution in [2.24, 2.45) is 0 Å². The summed E-state index contributed by atoms with van der Waals surface area (Å²) < 4.78 is 10.3. The minimum atomic E-state index is 0.620. The van der Waals surface area contributed by atoms with E-state index in [1.165, 1.54) is 12.8 Å². The second kappa shape index (κ2) is 7.63. The molecule has 15 heavy (non-hydrogen) atoms. The van der Waals surface area contributed by atoms with Crippen molar-refractivity contribution in [3.63, 3.8) is 0 Å². The van der Waals surface area contributed by atoms with Crippen LogP contribution in [0.3, 0.4) is 0 Å². The predicted molar refractivity (Wildman–Crippen MR) is 57.5 cm³/mol. The molecule has 0 atom stereocenters. The lowest BCUT2D eigenvalue weighted by molar-refractivity contribution is 0.0562. The molecule has 4 nitrogen and oxygen atoms in total. The zero-order valence-corrected chi connectivity index (χ0v) is 9.45. The summed E-state index contributed by atoms with van der Waals surface area (Å²) in [6, 6.07) is 2.90. The van der Waals surface area contributed by atoms with Crippen LogP contribution in [0.4, 0.5) is 0 Å². The van der Waals surface area contributed by atoms with Gasteiger partial charge in [-0.3, -0.25) is 4.90 Å². The maximum Gasteiger partial charge on any atom is 0.0700 e. The van der Waals surface area contributed by atoms with Crippen LogP contribution < -0.4 is 0 Å². The van der Waals surface area contributed by atoms with E-state index in [1.807, 2.05) is 0 Å². The average molecular weight is 212 g/mol. The highest BCUT2D eigenvalue weighted by molar-refractivity contribution is 4.86. The zero-order chi connectivity index (χ0) is 10.9. The summed E-state index contributed by atoms with van der Waals surface area (Å²) in [5.74, 6) is 0. The van der Waals surface area contributed by atoms with Crippen molar-refractivity contribution in [3.8, 4) is 6.07 Å². The Labute approximate surface area is 91.8 Å². The van der Waals surface area contributed by atoms with Crippen LogP contribution in [0.1, 0.15) is 19.3 Å². The van der Waals surface area contributed by atoms with Crippen LogP contribution in [0, 0.1) is 11.3 Å². The van der Waals surface area contributed by atoms with Crippen LogP contribution in [-0.4, -0.2) is 51.0 Å². The Morgan fingerprint density at radius 3 is 2.67 bits per heavy atom. The van der Waals surface area contributed by atoms with Gasteiger partial charge in [0.1, 0.15) is 0 Å². The number of ether oxygens (including phenoxy) is 2. The van der Waals surface area contributed by atoms with Gasteiger partial charge < -0.3 is 9.47 Å². The standard InChI is InChI=1S/C11H20N2O2/c1-14-9-10-15-8-7-13(6-2-5-12)11-3-4-11/h11H,2-4,6-10H2,1H3. The Morgan fingerprint density at radius 2 is 2.07 bits per heavy atom. The van der Waals surface area contributed by atoms with Gasteiger partial charge in [0, 0.05) is 32.7 Å². The van der Waals surface area contributed by atoms with E-state index in [9.17, 15) is 0 Å². The van der Waals surface area contributed by atoms with Gasteiger partial charge >= 0.3 is 0 Å². The molecule has 0 bridgehead atoms. The minimum absolute atomic E-state index is 0.620. The van der Waals surface area contributed by atoms with Crippen LogP contribution >= 0.6 is 0 Å². The Balaban J connectivity index is 2.01. The molecule has 1 fully saturated rings. The largest absolute Gasteiger partial charge is 0.382 e. The first-order valence-electron chi connectivity index (χ1n) is 5.56. The van der Waals surface area contributed by atoms with E-state index in [1.54, 1.807) is 7.11 Å². The van der Waals surface area contributed by atoms with Crippen LogP contribution in [0.15, 0.2) is 0 Å². The van der Waals surface area contributed by atoms with Crippen molar-refractivity contribution in [2.75, 3.05) is 40.0 Å². The Kier molecular flexibility index (Phi) is 6.33. The lowest BCUT2D eigenvalue weighted by Gasteiger charge is -2.20. The second-order valence-electron chi connectivity index (χ2n) is 3.78. The van der Waals surface area contributed by atoms with E-state index in [2.05, 4.69) is 11.0 Å². The normalized spacial score (nSPS) is 15.5. The van der Waals surface area contributed by atoms with Crippen molar-refractivity contribution in [1.29, 1.82) is 5.26 Å². The monoisotopic (exact) mass is 212 g/mol. The predicted octanol–water partition coefficient (Wildman–Crippen LogP) is 1.03. The Bertz CT molecular complexity index is 199. The van der Waals surface area contributed by atoms with Gasteiger partial charge in [-0.25, -0.2) is 0 Å². The number of methoxy groups -OCH3 is 1. The summed E-state index contributed by atoms with van der Waals surface area (Å²) in [6.07, 6.45) is 3.18. The van der Waals surface area contributed by atoms with Crippen molar-refractivity contribution in [2.45, 2.75) is 25.3 Å². The zero-order valence-electron chi connectivity index (χ0n) is 9.45. The average Bonchev–Trinajstić information content (AvgIpc) is 3.06. The maximum atomic E-state index is 8.53. The van der Waals surface area contributed by atoms with Crippen molar-refractivity contribution < 1.29 is 9.47 Å². The SMILES string of the molecule is COCCOCCN(CCC#N)C1CC1. The first-order chi connectivity index (χ1) is 7.38. The number of rotatable bonds is 9. The van der Waals surface area contributed by atoms with Crippen LogP contribution in [0.25, 0.3) is 0 Å². The fourth-order valence-electron chi connectivity index (χ4n) is 1.54. The van der Waals surface area contributed by atoms with Crippen molar-refractivity contribution in [1.82, 2.24) is 4.90 Å². The molecule has 0 aromatic rings. The molecule has 0 heterocycles. The maximum absolute atomic E-state index is 8.53. The van der Waals surface area contributed by atoms with Gasteiger partial charge in [0.25, 0.3) is 0 Å². The van der Waals surface area contributed by atoms with Gasteiger partial charge in [0.05, 0.1) is 25.9 Å². The quantitative estimate of drug-likeness (QED) is 0.535. The first-order valence-corrected chi connectivity index (χ1v) is 5.56. The third-order valence-electron chi connectivity index (χ3n) is 2.53. The van der Waals surface area contributed by atoms with Gasteiger partial charge in [0.2, 0.25) is 0 Å². The highest BCUT2D eigenvalue weighted by atomic mass is 16.5. The van der Waals surface area contributed by atoms with E-state index in [4.69, 9.17) is 14.7 Å².